The summed E-state index contributed by atoms with van der Waals surface area (Å²) in [4.78, 5) is 48.6. The van der Waals surface area contributed by atoms with E-state index in [9.17, 15) is 38.7 Å². The number of rotatable bonds is 24. The second-order valence-corrected chi connectivity index (χ2v) is 15.9. The Kier molecular flexibility index (Phi) is 20.1. The highest BCUT2D eigenvalue weighted by Crippen LogP contribution is 2.60. The van der Waals surface area contributed by atoms with Gasteiger partial charge in [0.1, 0.15) is 37.3 Å². The maximum absolute atomic E-state index is 12.7. The molecular weight excluding hydrogens is 718 g/mol. The number of aromatic nitrogens is 2. The molecule has 0 bridgehead atoms. The lowest BCUT2D eigenvalue weighted by Crippen LogP contribution is -2.37. The van der Waals surface area contributed by atoms with Crippen molar-refractivity contribution in [3.8, 4) is 0 Å². The van der Waals surface area contributed by atoms with Gasteiger partial charge in [0.2, 0.25) is 5.91 Å². The number of allylic oxidation sites excluding steroid dienone is 10. The lowest BCUT2D eigenvalue weighted by atomic mass is 10.1. The second-order valence-electron chi connectivity index (χ2n) is 12.9. The van der Waals surface area contributed by atoms with Crippen LogP contribution in [0.15, 0.2) is 77.8 Å². The molecule has 52 heavy (non-hydrogen) atoms. The molecule has 1 saturated heterocycles. The number of nitrogens with one attached hydrogen (secondary N) is 1. The van der Waals surface area contributed by atoms with Crippen molar-refractivity contribution in [2.45, 2.75) is 82.8 Å². The topological polar surface area (TPSA) is 216 Å². The van der Waals surface area contributed by atoms with Crippen LogP contribution in [0.1, 0.15) is 64.5 Å². The average Bonchev–Trinajstić information content (AvgIpc) is 3.32. The third kappa shape index (κ3) is 18.8. The number of unbranched alkanes of at least 4 members (excludes halogenated alkanes) is 1. The summed E-state index contributed by atoms with van der Waals surface area (Å²) in [6.45, 7) is 1.29. The van der Waals surface area contributed by atoms with Crippen LogP contribution in [0.3, 0.4) is 0 Å². The number of phosphoric ester groups is 2. The van der Waals surface area contributed by atoms with Gasteiger partial charge in [-0.1, -0.05) is 67.7 Å². The molecule has 0 aromatic carbocycles. The Morgan fingerprint density at radius 3 is 2.04 bits per heavy atom. The maximum Gasteiger partial charge on any atom is 0.481 e. The Morgan fingerprint density at radius 2 is 1.48 bits per heavy atom. The molecule has 1 aromatic heterocycles. The van der Waals surface area contributed by atoms with Crippen LogP contribution in [0.4, 0.5) is 5.82 Å². The maximum atomic E-state index is 12.7. The molecule has 1 aromatic rings. The van der Waals surface area contributed by atoms with Crippen molar-refractivity contribution in [2.24, 2.45) is 0 Å². The lowest BCUT2D eigenvalue weighted by Gasteiger charge is -2.24. The third-order valence-electron chi connectivity index (χ3n) is 7.27. The number of anilines is 1. The molecule has 6 unspecified atom stereocenters. The molecule has 16 nitrogen and oxygen atoms in total. The number of likely N-dealkylation sites (N-methyl/N-ethyl adjacent to an activating group) is 1. The van der Waals surface area contributed by atoms with Gasteiger partial charge in [0, 0.05) is 12.6 Å². The van der Waals surface area contributed by atoms with Crippen molar-refractivity contribution in [3.63, 3.8) is 0 Å². The Hall–Kier alpha value is -2.85. The van der Waals surface area contributed by atoms with Crippen LogP contribution in [0.25, 0.3) is 0 Å². The van der Waals surface area contributed by atoms with Crippen molar-refractivity contribution in [1.82, 2.24) is 9.55 Å². The number of hydrogen-bond acceptors (Lipinski definition) is 11. The van der Waals surface area contributed by atoms with Gasteiger partial charge in [0.15, 0.2) is 6.23 Å². The number of phosphoric acid groups is 2. The van der Waals surface area contributed by atoms with E-state index in [2.05, 4.69) is 70.1 Å². The smallest absolute Gasteiger partial charge is 0.387 e. The molecule has 18 heteroatoms. The first kappa shape index (κ1) is 45.3. The summed E-state index contributed by atoms with van der Waals surface area (Å²) in [5, 5.41) is 23.5. The van der Waals surface area contributed by atoms with E-state index in [1.165, 1.54) is 12.3 Å². The summed E-state index contributed by atoms with van der Waals surface area (Å²) in [6.07, 6.45) is 22.1. The van der Waals surface area contributed by atoms with Gasteiger partial charge in [-0.05, 0) is 51.0 Å². The van der Waals surface area contributed by atoms with Gasteiger partial charge in [0.05, 0.1) is 27.7 Å². The normalized spacial score (nSPS) is 22.3. The van der Waals surface area contributed by atoms with Gasteiger partial charge >= 0.3 is 21.3 Å². The van der Waals surface area contributed by atoms with Gasteiger partial charge in [-0.25, -0.2) is 13.9 Å². The molecule has 1 aliphatic heterocycles. The monoisotopic (exact) mass is 773 g/mol. The first-order valence-corrected chi connectivity index (χ1v) is 20.1. The molecule has 0 aliphatic carbocycles. The molecule has 0 spiro atoms. The highest BCUT2D eigenvalue weighted by atomic mass is 31.3. The molecular formula is C34H55N4O12P2+. The van der Waals surface area contributed by atoms with Crippen molar-refractivity contribution in [2.75, 3.05) is 46.2 Å². The van der Waals surface area contributed by atoms with Crippen LogP contribution >= 0.6 is 15.6 Å². The van der Waals surface area contributed by atoms with Gasteiger partial charge < -0.3 is 34.5 Å². The zero-order chi connectivity index (χ0) is 38.6. The minimum absolute atomic E-state index is 0.0236. The quantitative estimate of drug-likeness (QED) is 0.0418. The Balaban J connectivity index is 1.74. The zero-order valence-corrected chi connectivity index (χ0v) is 32.1. The summed E-state index contributed by atoms with van der Waals surface area (Å²) in [6, 6.07) is 1.31. The van der Waals surface area contributed by atoms with Crippen molar-refractivity contribution < 1.29 is 56.5 Å². The highest BCUT2D eigenvalue weighted by molar-refractivity contribution is 7.61. The van der Waals surface area contributed by atoms with Gasteiger partial charge in [0.25, 0.3) is 0 Å². The van der Waals surface area contributed by atoms with Crippen LogP contribution in [0.2, 0.25) is 0 Å². The molecule has 5 N–H and O–H groups in total. The van der Waals surface area contributed by atoms with E-state index in [1.54, 1.807) is 21.1 Å². The van der Waals surface area contributed by atoms with E-state index in [0.29, 0.717) is 23.9 Å². The lowest BCUT2D eigenvalue weighted by molar-refractivity contribution is -0.870. The number of carbonyl (C=O) groups excluding carboxylic acids is 1. The Bertz CT molecular complexity index is 1550. The van der Waals surface area contributed by atoms with Crippen molar-refractivity contribution >= 4 is 27.4 Å². The van der Waals surface area contributed by atoms with Gasteiger partial charge in [-0.2, -0.15) is 9.29 Å². The van der Waals surface area contributed by atoms with E-state index in [1.807, 2.05) is 12.2 Å². The van der Waals surface area contributed by atoms with Crippen LogP contribution < -0.4 is 11.0 Å². The zero-order valence-electron chi connectivity index (χ0n) is 30.3. The highest BCUT2D eigenvalue weighted by Gasteiger charge is 2.46. The van der Waals surface area contributed by atoms with Crippen molar-refractivity contribution in [1.29, 1.82) is 0 Å². The first-order valence-electron chi connectivity index (χ1n) is 17.2. The number of aliphatic hydroxyl groups excluding tert-OH is 2. The van der Waals surface area contributed by atoms with Crippen LogP contribution in [-0.4, -0.2) is 99.2 Å². The van der Waals surface area contributed by atoms with Crippen LogP contribution in [-0.2, 0) is 32.0 Å². The number of ether oxygens (including phenoxy) is 1. The average molecular weight is 774 g/mol. The minimum atomic E-state index is -5.19. The number of hydrogen-bond donors (Lipinski definition) is 5. The number of aliphatic hydroxyl groups is 2. The number of carbonyl (C=O) groups is 1. The Labute approximate surface area is 305 Å². The largest absolute Gasteiger partial charge is 0.481 e. The molecule has 292 valence electrons. The molecule has 2 heterocycles. The first-order chi connectivity index (χ1) is 24.5. The fourth-order valence-corrected chi connectivity index (χ4v) is 6.57. The third-order valence-corrected chi connectivity index (χ3v) is 9.90. The summed E-state index contributed by atoms with van der Waals surface area (Å²) < 4.78 is 44.7. The molecule has 2 rings (SSSR count). The van der Waals surface area contributed by atoms with E-state index in [-0.39, 0.29) is 24.8 Å². The predicted octanol–water partition coefficient (Wildman–Crippen LogP) is 4.68. The van der Waals surface area contributed by atoms with Gasteiger partial charge in [-0.3, -0.25) is 18.4 Å². The predicted molar refractivity (Wildman–Crippen MR) is 197 cm³/mol. The molecule has 0 radical (unpaired) electrons. The van der Waals surface area contributed by atoms with E-state index < -0.39 is 52.5 Å². The van der Waals surface area contributed by atoms with Gasteiger partial charge in [-0.15, -0.1) is 0 Å². The fraction of sp³-hybridized carbons (Fsp3) is 0.559. The van der Waals surface area contributed by atoms with E-state index >= 15 is 0 Å². The molecule has 6 atom stereocenters. The summed E-state index contributed by atoms with van der Waals surface area (Å²) in [7, 11) is -4.77. The minimum Gasteiger partial charge on any atom is -0.387 e. The molecule has 0 saturated carbocycles. The molecule has 1 amide bonds. The summed E-state index contributed by atoms with van der Waals surface area (Å²) >= 11 is 0. The second kappa shape index (κ2) is 23.0. The van der Waals surface area contributed by atoms with E-state index in [4.69, 9.17) is 13.8 Å². The number of amides is 1. The van der Waals surface area contributed by atoms with Crippen LogP contribution in [0.5, 0.6) is 0 Å². The summed E-state index contributed by atoms with van der Waals surface area (Å²) in [5.74, 6) is -0.367. The molecule has 1 aliphatic rings. The van der Waals surface area contributed by atoms with Crippen LogP contribution in [0, 0.1) is 0 Å². The Morgan fingerprint density at radius 1 is 0.923 bits per heavy atom. The van der Waals surface area contributed by atoms with Crippen molar-refractivity contribution in [3.05, 3.63) is 83.5 Å². The summed E-state index contributed by atoms with van der Waals surface area (Å²) in [5.41, 5.74) is -0.919. The fourth-order valence-electron chi connectivity index (χ4n) is 4.50. The number of quaternary nitrogens is 1. The molecule has 1 fully saturated rings. The SMILES string of the molecule is CCC=CCC=CCC=CCC=CCC=CCCCC(=O)Nc1ccn(C2OC(COP(=O)(O)OP(=O)(O)OCC[N+](C)(C)C)C(O)C2O)c(=O)n1. The number of nitrogens with zero attached hydrogens (tertiary/aromatic N) is 3. The van der Waals surface area contributed by atoms with E-state index in [0.717, 1.165) is 36.7 Å². The standard InChI is InChI=1S/C34H54N4O12P2/c1-5-6-7-8-9-10-11-12-13-14-15-16-17-18-19-20-21-22-30(39)35-29-23-24-37(34(42)36-29)33-32(41)31(40)28(49-33)27-48-52(45,46)50-51(43,44)47-26-25-38(2,3)4/h6-7,9-10,12-13,15-16,18-19,23-24,28,31-33,40-41H,5,8,11,14,17,20-22,25-27H2,1-4H3,(H2-,35,36,39,42,43,44,45,46)/p+1.